The van der Waals surface area contributed by atoms with Gasteiger partial charge >= 0.3 is 0 Å². The van der Waals surface area contributed by atoms with Crippen molar-refractivity contribution in [3.8, 4) is 0 Å². The highest BCUT2D eigenvalue weighted by atomic mass is 32.1. The molecule has 1 aliphatic rings. The maximum atomic E-state index is 11.5. The molecule has 2 N–H and O–H groups in total. The molecule has 2 rings (SSSR count). The number of rotatable bonds is 7. The van der Waals surface area contributed by atoms with E-state index >= 15 is 0 Å². The van der Waals surface area contributed by atoms with Gasteiger partial charge in [0.05, 0.1) is 0 Å². The van der Waals surface area contributed by atoms with E-state index in [-0.39, 0.29) is 5.91 Å². The number of carbonyl (C=O) groups is 1. The van der Waals surface area contributed by atoms with E-state index in [2.05, 4.69) is 36.6 Å². The van der Waals surface area contributed by atoms with Crippen LogP contribution in [0.5, 0.6) is 0 Å². The van der Waals surface area contributed by atoms with Gasteiger partial charge in [-0.15, -0.1) is 11.3 Å². The molecule has 1 atom stereocenters. The van der Waals surface area contributed by atoms with Crippen LogP contribution in [0.2, 0.25) is 0 Å². The zero-order valence-electron chi connectivity index (χ0n) is 11.2. The fraction of sp³-hybridized carbons (Fsp3) is 0.643. The Kier molecular flexibility index (Phi) is 4.78. The second-order valence-electron chi connectivity index (χ2n) is 4.93. The molecule has 0 aromatic carbocycles. The molecule has 1 amide bonds. The van der Waals surface area contributed by atoms with E-state index in [1.807, 2.05) is 11.3 Å². The van der Waals surface area contributed by atoms with Crippen LogP contribution in [0.3, 0.4) is 0 Å². The minimum absolute atomic E-state index is 0.178. The van der Waals surface area contributed by atoms with Crippen LogP contribution in [-0.4, -0.2) is 18.5 Å². The van der Waals surface area contributed by atoms with Crippen molar-refractivity contribution < 1.29 is 4.79 Å². The molecule has 0 radical (unpaired) electrons. The minimum Gasteiger partial charge on any atom is -0.353 e. The van der Waals surface area contributed by atoms with Gasteiger partial charge < -0.3 is 10.6 Å². The predicted molar refractivity (Wildman–Crippen MR) is 75.9 cm³/mol. The summed E-state index contributed by atoms with van der Waals surface area (Å²) in [5.74, 6) is 0.178. The van der Waals surface area contributed by atoms with Crippen LogP contribution in [0, 0.1) is 0 Å². The molecule has 0 spiro atoms. The third-order valence-corrected chi connectivity index (χ3v) is 4.62. The predicted octanol–water partition coefficient (Wildman–Crippen LogP) is 2.63. The largest absolute Gasteiger partial charge is 0.353 e. The van der Waals surface area contributed by atoms with Crippen LogP contribution >= 0.6 is 11.3 Å². The van der Waals surface area contributed by atoms with E-state index in [9.17, 15) is 4.79 Å². The molecule has 1 aromatic heterocycles. The van der Waals surface area contributed by atoms with E-state index in [4.69, 9.17) is 0 Å². The van der Waals surface area contributed by atoms with Crippen molar-refractivity contribution in [2.24, 2.45) is 0 Å². The van der Waals surface area contributed by atoms with Gasteiger partial charge in [0.25, 0.3) is 0 Å². The van der Waals surface area contributed by atoms with Crippen LogP contribution in [0.25, 0.3) is 0 Å². The average Bonchev–Trinajstić information content (AvgIpc) is 3.03. The molecule has 0 saturated heterocycles. The third-order valence-electron chi connectivity index (χ3n) is 3.20. The summed E-state index contributed by atoms with van der Waals surface area (Å²) in [4.78, 5) is 14.3. The normalized spacial score (nSPS) is 16.6. The fourth-order valence-electron chi connectivity index (χ4n) is 1.85. The molecule has 100 valence electrons. The molecule has 1 aliphatic carbocycles. The van der Waals surface area contributed by atoms with Crippen molar-refractivity contribution in [2.75, 3.05) is 6.54 Å². The van der Waals surface area contributed by atoms with E-state index in [0.717, 1.165) is 25.8 Å². The zero-order valence-corrected chi connectivity index (χ0v) is 12.0. The summed E-state index contributed by atoms with van der Waals surface area (Å²) < 4.78 is 0. The van der Waals surface area contributed by atoms with E-state index in [1.54, 1.807) is 0 Å². The van der Waals surface area contributed by atoms with E-state index in [1.165, 1.54) is 9.75 Å². The lowest BCUT2D eigenvalue weighted by Gasteiger charge is -2.11. The Balaban J connectivity index is 1.67. The highest BCUT2D eigenvalue weighted by Gasteiger charge is 2.22. The SMILES string of the molecule is CCc1ccc(C(C)NCCC(=O)NC2CC2)s1. The van der Waals surface area contributed by atoms with Crippen LogP contribution < -0.4 is 10.6 Å². The topological polar surface area (TPSA) is 41.1 Å². The summed E-state index contributed by atoms with van der Waals surface area (Å²) >= 11 is 1.86. The molecule has 0 bridgehead atoms. The number of carbonyl (C=O) groups excluding carboxylic acids is 1. The van der Waals surface area contributed by atoms with Gasteiger partial charge in [0.2, 0.25) is 5.91 Å². The Morgan fingerprint density at radius 3 is 2.89 bits per heavy atom. The lowest BCUT2D eigenvalue weighted by Crippen LogP contribution is -2.29. The quantitative estimate of drug-likeness (QED) is 0.796. The highest BCUT2D eigenvalue weighted by molar-refractivity contribution is 7.12. The molecule has 1 saturated carbocycles. The van der Waals surface area contributed by atoms with Crippen molar-refractivity contribution in [1.82, 2.24) is 10.6 Å². The van der Waals surface area contributed by atoms with Crippen molar-refractivity contribution in [2.45, 2.75) is 51.6 Å². The Hall–Kier alpha value is -0.870. The molecule has 1 aromatic rings. The van der Waals surface area contributed by atoms with Crippen LogP contribution in [0.15, 0.2) is 12.1 Å². The number of amides is 1. The Bertz CT molecular complexity index is 398. The standard InChI is InChI=1S/C14H22N2OS/c1-3-12-6-7-13(18-12)10(2)15-9-8-14(17)16-11-4-5-11/h6-7,10-11,15H,3-5,8-9H2,1-2H3,(H,16,17). The molecule has 1 unspecified atom stereocenters. The summed E-state index contributed by atoms with van der Waals surface area (Å²) in [5.41, 5.74) is 0. The smallest absolute Gasteiger partial charge is 0.221 e. The van der Waals surface area contributed by atoms with Crippen molar-refractivity contribution in [3.05, 3.63) is 21.9 Å². The third kappa shape index (κ3) is 4.10. The Morgan fingerprint density at radius 2 is 2.28 bits per heavy atom. The van der Waals surface area contributed by atoms with Gasteiger partial charge in [-0.3, -0.25) is 4.79 Å². The van der Waals surface area contributed by atoms with Crippen molar-refractivity contribution in [1.29, 1.82) is 0 Å². The summed E-state index contributed by atoms with van der Waals surface area (Å²) in [6.07, 6.45) is 3.99. The second-order valence-corrected chi connectivity index (χ2v) is 6.13. The first-order valence-corrected chi connectivity index (χ1v) is 7.62. The Morgan fingerprint density at radius 1 is 1.50 bits per heavy atom. The summed E-state index contributed by atoms with van der Waals surface area (Å²) in [5, 5.41) is 6.41. The molecule has 18 heavy (non-hydrogen) atoms. The average molecular weight is 266 g/mol. The molecular formula is C14H22N2OS. The first-order chi connectivity index (χ1) is 8.69. The molecule has 3 nitrogen and oxygen atoms in total. The van der Waals surface area contributed by atoms with Crippen molar-refractivity contribution >= 4 is 17.2 Å². The second kappa shape index (κ2) is 6.34. The number of nitrogens with one attached hydrogen (secondary N) is 2. The van der Waals surface area contributed by atoms with Crippen LogP contribution in [0.1, 0.15) is 48.9 Å². The number of hydrogen-bond acceptors (Lipinski definition) is 3. The summed E-state index contributed by atoms with van der Waals surface area (Å²) in [6, 6.07) is 5.19. The minimum atomic E-state index is 0.178. The first-order valence-electron chi connectivity index (χ1n) is 6.80. The van der Waals surface area contributed by atoms with Gasteiger partial charge in [0, 0.05) is 34.8 Å². The first kappa shape index (κ1) is 13.6. The van der Waals surface area contributed by atoms with Crippen LogP contribution in [0.4, 0.5) is 0 Å². The fourth-order valence-corrected chi connectivity index (χ4v) is 2.83. The maximum Gasteiger partial charge on any atom is 0.221 e. The van der Waals surface area contributed by atoms with Gasteiger partial charge in [0.1, 0.15) is 0 Å². The van der Waals surface area contributed by atoms with Gasteiger partial charge in [-0.1, -0.05) is 6.92 Å². The van der Waals surface area contributed by atoms with Gasteiger partial charge in [-0.05, 0) is 38.3 Å². The maximum absolute atomic E-state index is 11.5. The van der Waals surface area contributed by atoms with Gasteiger partial charge in [-0.2, -0.15) is 0 Å². The summed E-state index contributed by atoms with van der Waals surface area (Å²) in [7, 11) is 0. The molecule has 4 heteroatoms. The molecule has 1 heterocycles. The molecule has 1 fully saturated rings. The van der Waals surface area contributed by atoms with Gasteiger partial charge in [-0.25, -0.2) is 0 Å². The zero-order chi connectivity index (χ0) is 13.0. The van der Waals surface area contributed by atoms with E-state index in [0.29, 0.717) is 18.5 Å². The van der Waals surface area contributed by atoms with E-state index < -0.39 is 0 Å². The lowest BCUT2D eigenvalue weighted by molar-refractivity contribution is -0.121. The summed E-state index contributed by atoms with van der Waals surface area (Å²) in [6.45, 7) is 5.08. The van der Waals surface area contributed by atoms with Crippen LogP contribution in [-0.2, 0) is 11.2 Å². The highest BCUT2D eigenvalue weighted by Crippen LogP contribution is 2.23. The van der Waals surface area contributed by atoms with Crippen molar-refractivity contribution in [3.63, 3.8) is 0 Å². The number of hydrogen-bond donors (Lipinski definition) is 2. The monoisotopic (exact) mass is 266 g/mol. The lowest BCUT2D eigenvalue weighted by atomic mass is 10.2. The number of aryl methyl sites for hydroxylation is 1. The molecule has 0 aliphatic heterocycles. The van der Waals surface area contributed by atoms with Gasteiger partial charge in [0.15, 0.2) is 0 Å². The molecular weight excluding hydrogens is 244 g/mol. The Labute approximate surface area is 113 Å². The number of thiophene rings is 1.